The fourth-order valence-corrected chi connectivity index (χ4v) is 3.71. The molecule has 1 aliphatic rings. The maximum Gasteiger partial charge on any atom is 0.451 e. The number of carboxylic acids is 1. The van der Waals surface area contributed by atoms with Crippen LogP contribution in [0.5, 0.6) is 0 Å². The number of hydrogen-bond acceptors (Lipinski definition) is 5. The number of rotatable bonds is 7. The highest BCUT2D eigenvalue weighted by molar-refractivity contribution is 6.40. The van der Waals surface area contributed by atoms with Crippen LogP contribution in [0.3, 0.4) is 0 Å². The minimum absolute atomic E-state index is 0. The fraction of sp³-hybridized carbons (Fsp3) is 0.588. The van der Waals surface area contributed by atoms with Gasteiger partial charge in [-0.1, -0.05) is 24.6 Å². The van der Waals surface area contributed by atoms with Crippen molar-refractivity contribution in [2.75, 3.05) is 18.5 Å². The number of nitrogens with two attached hydrogens (primary N) is 1. The lowest BCUT2D eigenvalue weighted by Gasteiger charge is -2.43. The highest BCUT2D eigenvalue weighted by Crippen LogP contribution is 2.39. The average Bonchev–Trinajstić information content (AvgIpc) is 2.55. The van der Waals surface area contributed by atoms with Gasteiger partial charge in [0, 0.05) is 25.2 Å². The second-order valence-electron chi connectivity index (χ2n) is 6.96. The van der Waals surface area contributed by atoms with E-state index in [2.05, 4.69) is 0 Å². The highest BCUT2D eigenvalue weighted by atomic mass is 35.5. The lowest BCUT2D eigenvalue weighted by Crippen LogP contribution is -2.59. The summed E-state index contributed by atoms with van der Waals surface area (Å²) in [4.78, 5) is 13.9. The largest absolute Gasteiger partial charge is 0.480 e. The Morgan fingerprint density at radius 2 is 1.88 bits per heavy atom. The quantitative estimate of drug-likeness (QED) is 0.516. The fourth-order valence-electron chi connectivity index (χ4n) is 3.71. The molecule has 2 rings (SSSR count). The Kier molecular flexibility index (Phi) is 10.6. The molecule has 3 atom stereocenters. The third kappa shape index (κ3) is 6.32. The summed E-state index contributed by atoms with van der Waals surface area (Å²) < 4.78 is 0. The molecular weight excluding hydrogens is 378 g/mol. The zero-order valence-corrected chi connectivity index (χ0v) is 16.6. The van der Waals surface area contributed by atoms with Gasteiger partial charge in [0.2, 0.25) is 0 Å². The van der Waals surface area contributed by atoms with E-state index in [-0.39, 0.29) is 43.0 Å². The number of nitrogens with zero attached hydrogens (tertiary/aromatic N) is 1. The first-order valence-electron chi connectivity index (χ1n) is 8.47. The van der Waals surface area contributed by atoms with Gasteiger partial charge in [-0.2, -0.15) is 0 Å². The molecule has 5 N–H and O–H groups in total. The summed E-state index contributed by atoms with van der Waals surface area (Å²) in [6.07, 6.45) is 2.82. The van der Waals surface area contributed by atoms with E-state index in [9.17, 15) is 9.90 Å². The van der Waals surface area contributed by atoms with Crippen LogP contribution in [0.4, 0.5) is 5.69 Å². The summed E-state index contributed by atoms with van der Waals surface area (Å²) in [5, 5.41) is 27.7. The van der Waals surface area contributed by atoms with Gasteiger partial charge in [-0.15, -0.1) is 24.8 Å². The van der Waals surface area contributed by atoms with Crippen molar-refractivity contribution in [1.82, 2.24) is 0 Å². The van der Waals surface area contributed by atoms with Crippen LogP contribution in [0, 0.1) is 11.8 Å². The van der Waals surface area contributed by atoms with Gasteiger partial charge < -0.3 is 25.8 Å². The van der Waals surface area contributed by atoms with Crippen molar-refractivity contribution in [3.05, 3.63) is 30.3 Å². The molecule has 1 aromatic rings. The first kappa shape index (κ1) is 25.0. The van der Waals surface area contributed by atoms with E-state index in [4.69, 9.17) is 15.8 Å². The molecule has 0 spiro atoms. The molecule has 0 aliphatic heterocycles. The van der Waals surface area contributed by atoms with Gasteiger partial charge in [0.15, 0.2) is 0 Å². The van der Waals surface area contributed by atoms with Crippen LogP contribution in [0.1, 0.15) is 25.7 Å². The standard InChI is InChI=1S/C17H27BN2O4.2ClH/c1-20(15-5-3-2-4-6-15)12-14-8-7-13(9-10-18(23)24)11-17(14,19)16(21)22;;/h2-6,13-14,23-24H,7-12,19H2,1H3,(H,21,22);2*1H/t13-,14-,17+;;/m0../s1. The van der Waals surface area contributed by atoms with Gasteiger partial charge in [0.05, 0.1) is 0 Å². The summed E-state index contributed by atoms with van der Waals surface area (Å²) in [5.41, 5.74) is 6.08. The monoisotopic (exact) mass is 406 g/mol. The third-order valence-electron chi connectivity index (χ3n) is 5.20. The molecule has 0 unspecified atom stereocenters. The number of aliphatic carboxylic acids is 1. The van der Waals surface area contributed by atoms with E-state index < -0.39 is 18.6 Å². The van der Waals surface area contributed by atoms with E-state index in [0.717, 1.165) is 18.5 Å². The number of para-hydroxylation sites is 1. The number of hydrogen-bond donors (Lipinski definition) is 4. The lowest BCUT2D eigenvalue weighted by atomic mass is 9.66. The first-order valence-corrected chi connectivity index (χ1v) is 8.47. The predicted molar refractivity (Wildman–Crippen MR) is 109 cm³/mol. The molecule has 1 fully saturated rings. The predicted octanol–water partition coefficient (Wildman–Crippen LogP) is 2.03. The Balaban J connectivity index is 0.00000312. The van der Waals surface area contributed by atoms with Crippen molar-refractivity contribution in [1.29, 1.82) is 0 Å². The molecule has 0 bridgehead atoms. The van der Waals surface area contributed by atoms with E-state index in [1.807, 2.05) is 42.3 Å². The molecule has 9 heteroatoms. The Morgan fingerprint density at radius 1 is 1.27 bits per heavy atom. The molecule has 26 heavy (non-hydrogen) atoms. The van der Waals surface area contributed by atoms with E-state index in [1.54, 1.807) is 0 Å². The van der Waals surface area contributed by atoms with E-state index in [1.165, 1.54) is 0 Å². The number of benzene rings is 1. The Morgan fingerprint density at radius 3 is 2.42 bits per heavy atom. The van der Waals surface area contributed by atoms with Crippen LogP contribution in [0.25, 0.3) is 0 Å². The molecule has 148 valence electrons. The summed E-state index contributed by atoms with van der Waals surface area (Å²) in [5.74, 6) is -0.995. The highest BCUT2D eigenvalue weighted by Gasteiger charge is 2.47. The molecule has 1 saturated carbocycles. The van der Waals surface area contributed by atoms with Gasteiger partial charge in [0.1, 0.15) is 5.54 Å². The number of halogens is 2. The molecule has 0 saturated heterocycles. The van der Waals surface area contributed by atoms with Gasteiger partial charge in [-0.25, -0.2) is 0 Å². The lowest BCUT2D eigenvalue weighted by molar-refractivity contribution is -0.147. The Bertz CT molecular complexity index is 553. The number of anilines is 1. The van der Waals surface area contributed by atoms with Gasteiger partial charge in [0.25, 0.3) is 0 Å². The van der Waals surface area contributed by atoms with Crippen LogP contribution in [-0.2, 0) is 4.79 Å². The Labute approximate surface area is 167 Å². The van der Waals surface area contributed by atoms with Gasteiger partial charge >= 0.3 is 13.1 Å². The van der Waals surface area contributed by atoms with Crippen LogP contribution < -0.4 is 10.6 Å². The van der Waals surface area contributed by atoms with Crippen molar-refractivity contribution in [2.24, 2.45) is 17.6 Å². The van der Waals surface area contributed by atoms with Gasteiger partial charge in [-0.3, -0.25) is 4.79 Å². The molecule has 0 amide bonds. The topological polar surface area (TPSA) is 107 Å². The van der Waals surface area contributed by atoms with Crippen LogP contribution in [0.15, 0.2) is 30.3 Å². The SMILES string of the molecule is CN(C[C@@H]1CC[C@@H](CCB(O)O)C[C@]1(N)C(=O)O)c1ccccc1.Cl.Cl. The zero-order valence-electron chi connectivity index (χ0n) is 15.0. The van der Waals surface area contributed by atoms with Crippen LogP contribution in [-0.4, -0.2) is 47.4 Å². The average molecular weight is 407 g/mol. The molecule has 6 nitrogen and oxygen atoms in total. The van der Waals surface area contributed by atoms with Gasteiger partial charge in [-0.05, 0) is 43.6 Å². The van der Waals surface area contributed by atoms with E-state index in [0.29, 0.717) is 19.4 Å². The summed E-state index contributed by atoms with van der Waals surface area (Å²) in [7, 11) is 0.607. The van der Waals surface area contributed by atoms with Crippen molar-refractivity contribution < 1.29 is 19.9 Å². The first-order chi connectivity index (χ1) is 11.3. The minimum atomic E-state index is -1.34. The normalized spacial score (nSPS) is 24.8. The van der Waals surface area contributed by atoms with Crippen LogP contribution >= 0.6 is 24.8 Å². The molecule has 0 heterocycles. The second kappa shape index (κ2) is 11.0. The number of carboxylic acid groups (broad SMARTS) is 1. The summed E-state index contributed by atoms with van der Waals surface area (Å²) in [6.45, 7) is 0.585. The minimum Gasteiger partial charge on any atom is -0.480 e. The van der Waals surface area contributed by atoms with Crippen molar-refractivity contribution in [2.45, 2.75) is 37.5 Å². The molecule has 1 aromatic carbocycles. The smallest absolute Gasteiger partial charge is 0.451 e. The summed E-state index contributed by atoms with van der Waals surface area (Å²) in [6, 6.07) is 9.84. The van der Waals surface area contributed by atoms with Crippen molar-refractivity contribution in [3.8, 4) is 0 Å². The maximum atomic E-state index is 11.8. The zero-order chi connectivity index (χ0) is 17.7. The third-order valence-corrected chi connectivity index (χ3v) is 5.20. The maximum absolute atomic E-state index is 11.8. The molecular formula is C17H29BCl2N2O4. The summed E-state index contributed by atoms with van der Waals surface area (Å²) >= 11 is 0. The molecule has 1 aliphatic carbocycles. The van der Waals surface area contributed by atoms with Crippen molar-refractivity contribution in [3.63, 3.8) is 0 Å². The molecule has 0 radical (unpaired) electrons. The van der Waals surface area contributed by atoms with Crippen LogP contribution in [0.2, 0.25) is 6.32 Å². The van der Waals surface area contributed by atoms with E-state index >= 15 is 0 Å². The Hall–Kier alpha value is -0.985. The number of carbonyl (C=O) groups is 1. The van der Waals surface area contributed by atoms with Crippen molar-refractivity contribution >= 4 is 43.6 Å². The molecule has 0 aromatic heterocycles. The second-order valence-corrected chi connectivity index (χ2v) is 6.96.